The fourth-order valence-corrected chi connectivity index (χ4v) is 1.92. The summed E-state index contributed by atoms with van der Waals surface area (Å²) in [6.45, 7) is 2.46. The first-order chi connectivity index (χ1) is 7.16. The maximum absolute atomic E-state index is 13.1. The van der Waals surface area contributed by atoms with Crippen LogP contribution in [0.15, 0.2) is 18.2 Å². The Morgan fingerprint density at radius 2 is 2.27 bits per heavy atom. The molecule has 0 aromatic heterocycles. The zero-order valence-corrected chi connectivity index (χ0v) is 8.87. The second-order valence-corrected chi connectivity index (χ2v) is 4.15. The Bertz CT molecular complexity index is 353. The minimum atomic E-state index is -0.168. The lowest BCUT2D eigenvalue weighted by Crippen LogP contribution is -2.30. The molecule has 0 bridgehead atoms. The largest absolute Gasteiger partial charge is 0.373 e. The molecular weight excluding hydrogens is 193 g/mol. The number of nitrogens with two attached hydrogens (primary N) is 1. The van der Waals surface area contributed by atoms with Crippen LogP contribution in [0.25, 0.3) is 0 Å². The summed E-state index contributed by atoms with van der Waals surface area (Å²) in [6.07, 6.45) is 1.77. The lowest BCUT2D eigenvalue weighted by molar-refractivity contribution is 0.00661. The van der Waals surface area contributed by atoms with Gasteiger partial charge in [0.1, 0.15) is 5.82 Å². The molecule has 1 aliphatic rings. The second kappa shape index (κ2) is 4.29. The van der Waals surface area contributed by atoms with Gasteiger partial charge in [0.15, 0.2) is 0 Å². The Morgan fingerprint density at radius 1 is 1.47 bits per heavy atom. The standard InChI is InChI=1S/C12H16FNO/c1-8-6-9(2-3-11(8)13)12-7-10(14)4-5-15-12/h2-3,6,10,12H,4-5,7,14H2,1H3. The molecule has 2 N–H and O–H groups in total. The first-order valence-electron chi connectivity index (χ1n) is 5.30. The molecule has 0 saturated carbocycles. The first-order valence-corrected chi connectivity index (χ1v) is 5.30. The van der Waals surface area contributed by atoms with Crippen molar-refractivity contribution in [2.24, 2.45) is 5.73 Å². The average molecular weight is 209 g/mol. The van der Waals surface area contributed by atoms with Crippen molar-refractivity contribution in [3.63, 3.8) is 0 Å². The normalized spacial score (nSPS) is 26.6. The van der Waals surface area contributed by atoms with Gasteiger partial charge in [-0.25, -0.2) is 4.39 Å². The van der Waals surface area contributed by atoms with Crippen LogP contribution < -0.4 is 5.73 Å². The monoisotopic (exact) mass is 209 g/mol. The van der Waals surface area contributed by atoms with Crippen molar-refractivity contribution in [2.75, 3.05) is 6.61 Å². The van der Waals surface area contributed by atoms with Crippen molar-refractivity contribution in [3.05, 3.63) is 35.1 Å². The second-order valence-electron chi connectivity index (χ2n) is 4.15. The van der Waals surface area contributed by atoms with E-state index in [0.717, 1.165) is 18.4 Å². The Labute approximate surface area is 89.2 Å². The van der Waals surface area contributed by atoms with Crippen LogP contribution in [0.3, 0.4) is 0 Å². The molecule has 1 aliphatic heterocycles. The molecule has 1 fully saturated rings. The van der Waals surface area contributed by atoms with Crippen molar-refractivity contribution >= 4 is 0 Å². The molecule has 0 amide bonds. The van der Waals surface area contributed by atoms with Crippen LogP contribution in [0, 0.1) is 12.7 Å². The molecule has 15 heavy (non-hydrogen) atoms. The third-order valence-corrected chi connectivity index (χ3v) is 2.88. The van der Waals surface area contributed by atoms with E-state index in [-0.39, 0.29) is 18.0 Å². The average Bonchev–Trinajstić information content (AvgIpc) is 2.22. The van der Waals surface area contributed by atoms with Gasteiger partial charge in [-0.2, -0.15) is 0 Å². The number of aryl methyl sites for hydroxylation is 1. The first kappa shape index (κ1) is 10.6. The number of rotatable bonds is 1. The number of halogens is 1. The fraction of sp³-hybridized carbons (Fsp3) is 0.500. The summed E-state index contributed by atoms with van der Waals surface area (Å²) in [7, 11) is 0. The van der Waals surface area contributed by atoms with Crippen LogP contribution >= 0.6 is 0 Å². The smallest absolute Gasteiger partial charge is 0.126 e. The van der Waals surface area contributed by atoms with Crippen molar-refractivity contribution in [1.82, 2.24) is 0 Å². The third-order valence-electron chi connectivity index (χ3n) is 2.88. The van der Waals surface area contributed by atoms with Gasteiger partial charge in [0.05, 0.1) is 6.10 Å². The van der Waals surface area contributed by atoms with E-state index < -0.39 is 0 Å². The Hall–Kier alpha value is -0.930. The third kappa shape index (κ3) is 2.36. The van der Waals surface area contributed by atoms with Crippen LogP contribution in [0.2, 0.25) is 0 Å². The lowest BCUT2D eigenvalue weighted by atomic mass is 9.97. The van der Waals surface area contributed by atoms with E-state index in [1.807, 2.05) is 6.07 Å². The van der Waals surface area contributed by atoms with Gasteiger partial charge >= 0.3 is 0 Å². The van der Waals surface area contributed by atoms with Crippen LogP contribution in [-0.2, 0) is 4.74 Å². The van der Waals surface area contributed by atoms with Gasteiger partial charge in [0.25, 0.3) is 0 Å². The summed E-state index contributed by atoms with van der Waals surface area (Å²) in [5.41, 5.74) is 7.57. The van der Waals surface area contributed by atoms with Gasteiger partial charge in [0.2, 0.25) is 0 Å². The number of benzene rings is 1. The van der Waals surface area contributed by atoms with Gasteiger partial charge in [0, 0.05) is 12.6 Å². The van der Waals surface area contributed by atoms with E-state index >= 15 is 0 Å². The molecule has 0 radical (unpaired) electrons. The van der Waals surface area contributed by atoms with E-state index in [9.17, 15) is 4.39 Å². The van der Waals surface area contributed by atoms with Crippen molar-refractivity contribution < 1.29 is 9.13 Å². The SMILES string of the molecule is Cc1cc(C2CC(N)CCO2)ccc1F. The minimum absolute atomic E-state index is 0.0352. The quantitative estimate of drug-likeness (QED) is 0.770. The van der Waals surface area contributed by atoms with Crippen LogP contribution in [0.5, 0.6) is 0 Å². The molecular formula is C12H16FNO. The highest BCUT2D eigenvalue weighted by molar-refractivity contribution is 5.26. The molecule has 3 heteroatoms. The van der Waals surface area contributed by atoms with E-state index in [4.69, 9.17) is 10.5 Å². The highest BCUT2D eigenvalue weighted by Crippen LogP contribution is 2.28. The van der Waals surface area contributed by atoms with Gasteiger partial charge in [-0.15, -0.1) is 0 Å². The molecule has 2 atom stereocenters. The summed E-state index contributed by atoms with van der Waals surface area (Å²) < 4.78 is 18.7. The van der Waals surface area contributed by atoms with E-state index in [1.165, 1.54) is 6.07 Å². The molecule has 1 heterocycles. The summed E-state index contributed by atoms with van der Waals surface area (Å²) in [5.74, 6) is -0.168. The topological polar surface area (TPSA) is 35.2 Å². The predicted octanol–water partition coefficient (Wildman–Crippen LogP) is 2.31. The molecule has 2 rings (SSSR count). The zero-order chi connectivity index (χ0) is 10.8. The number of hydrogen-bond acceptors (Lipinski definition) is 2. The maximum atomic E-state index is 13.1. The van der Waals surface area contributed by atoms with Gasteiger partial charge in [-0.05, 0) is 37.0 Å². The molecule has 1 aromatic rings. The number of ether oxygens (including phenoxy) is 1. The molecule has 2 unspecified atom stereocenters. The minimum Gasteiger partial charge on any atom is -0.373 e. The van der Waals surface area contributed by atoms with Gasteiger partial charge < -0.3 is 10.5 Å². The van der Waals surface area contributed by atoms with Crippen molar-refractivity contribution in [2.45, 2.75) is 31.9 Å². The molecule has 1 saturated heterocycles. The molecule has 82 valence electrons. The zero-order valence-electron chi connectivity index (χ0n) is 8.87. The Kier molecular flexibility index (Phi) is 3.03. The Balaban J connectivity index is 2.18. The highest BCUT2D eigenvalue weighted by Gasteiger charge is 2.21. The van der Waals surface area contributed by atoms with Gasteiger partial charge in [-0.1, -0.05) is 12.1 Å². The van der Waals surface area contributed by atoms with Crippen molar-refractivity contribution in [1.29, 1.82) is 0 Å². The van der Waals surface area contributed by atoms with Crippen molar-refractivity contribution in [3.8, 4) is 0 Å². The molecule has 1 aromatic carbocycles. The van der Waals surface area contributed by atoms with Crippen LogP contribution in [-0.4, -0.2) is 12.6 Å². The summed E-state index contributed by atoms with van der Waals surface area (Å²) in [4.78, 5) is 0. The molecule has 0 spiro atoms. The highest BCUT2D eigenvalue weighted by atomic mass is 19.1. The van der Waals surface area contributed by atoms with E-state index in [1.54, 1.807) is 13.0 Å². The Morgan fingerprint density at radius 3 is 2.93 bits per heavy atom. The van der Waals surface area contributed by atoms with Crippen LogP contribution in [0.4, 0.5) is 4.39 Å². The van der Waals surface area contributed by atoms with E-state index in [2.05, 4.69) is 0 Å². The lowest BCUT2D eigenvalue weighted by Gasteiger charge is -2.27. The predicted molar refractivity (Wildman–Crippen MR) is 57.0 cm³/mol. The van der Waals surface area contributed by atoms with E-state index in [0.29, 0.717) is 12.2 Å². The van der Waals surface area contributed by atoms with Gasteiger partial charge in [-0.3, -0.25) is 0 Å². The maximum Gasteiger partial charge on any atom is 0.126 e. The summed E-state index contributed by atoms with van der Waals surface area (Å²) in [6, 6.07) is 5.33. The summed E-state index contributed by atoms with van der Waals surface area (Å²) in [5, 5.41) is 0. The fourth-order valence-electron chi connectivity index (χ4n) is 1.92. The number of hydrogen-bond donors (Lipinski definition) is 1. The molecule has 2 nitrogen and oxygen atoms in total. The molecule has 0 aliphatic carbocycles. The summed E-state index contributed by atoms with van der Waals surface area (Å²) >= 11 is 0. The van der Waals surface area contributed by atoms with Crippen LogP contribution in [0.1, 0.15) is 30.1 Å².